The fourth-order valence-corrected chi connectivity index (χ4v) is 3.90. The van der Waals surface area contributed by atoms with E-state index in [9.17, 15) is 0 Å². The zero-order valence-electron chi connectivity index (χ0n) is 12.4. The Bertz CT molecular complexity index is 599. The summed E-state index contributed by atoms with van der Waals surface area (Å²) in [4.78, 5) is 10.5. The molecule has 0 fully saturated rings. The van der Waals surface area contributed by atoms with Crippen molar-refractivity contribution in [2.45, 2.75) is 52.6 Å². The van der Waals surface area contributed by atoms with Crippen LogP contribution in [0.1, 0.15) is 45.9 Å². The molecule has 0 bridgehead atoms. The minimum absolute atomic E-state index is 0.548. The van der Waals surface area contributed by atoms with Crippen molar-refractivity contribution in [3.8, 4) is 0 Å². The molecule has 3 rings (SSSR count). The van der Waals surface area contributed by atoms with Gasteiger partial charge in [0.05, 0.1) is 16.4 Å². The Balaban J connectivity index is 1.61. The van der Waals surface area contributed by atoms with Crippen molar-refractivity contribution in [1.29, 1.82) is 0 Å². The molecule has 0 saturated heterocycles. The summed E-state index contributed by atoms with van der Waals surface area (Å²) in [5, 5.41) is 4.75. The Morgan fingerprint density at radius 2 is 2.20 bits per heavy atom. The molecule has 3 heterocycles. The first-order chi connectivity index (χ1) is 9.63. The van der Waals surface area contributed by atoms with Crippen LogP contribution in [0.15, 0.2) is 6.20 Å². The largest absolute Gasteiger partial charge is 0.334 e. The zero-order chi connectivity index (χ0) is 14.1. The first-order valence-corrected chi connectivity index (χ1v) is 8.12. The van der Waals surface area contributed by atoms with Crippen molar-refractivity contribution >= 4 is 11.3 Å². The Hall–Kier alpha value is -1.20. The van der Waals surface area contributed by atoms with Gasteiger partial charge in [0.1, 0.15) is 5.82 Å². The van der Waals surface area contributed by atoms with E-state index in [1.165, 1.54) is 29.2 Å². The highest BCUT2D eigenvalue weighted by atomic mass is 32.1. The van der Waals surface area contributed by atoms with Crippen molar-refractivity contribution in [3.63, 3.8) is 0 Å². The number of nitrogens with one attached hydrogen (secondary N) is 1. The van der Waals surface area contributed by atoms with E-state index in [4.69, 9.17) is 4.98 Å². The average molecular weight is 290 g/mol. The van der Waals surface area contributed by atoms with Crippen molar-refractivity contribution in [3.05, 3.63) is 33.3 Å². The fraction of sp³-hybridized carbons (Fsp3) is 0.600. The van der Waals surface area contributed by atoms with Gasteiger partial charge in [-0.2, -0.15) is 0 Å². The van der Waals surface area contributed by atoms with Gasteiger partial charge in [-0.3, -0.25) is 0 Å². The molecule has 0 aromatic carbocycles. The van der Waals surface area contributed by atoms with Crippen LogP contribution in [0.2, 0.25) is 0 Å². The van der Waals surface area contributed by atoms with Crippen molar-refractivity contribution in [1.82, 2.24) is 19.9 Å². The van der Waals surface area contributed by atoms with Crippen LogP contribution in [-0.4, -0.2) is 21.1 Å². The molecule has 1 aliphatic rings. The lowest BCUT2D eigenvalue weighted by atomic mass is 9.99. The molecular formula is C15H22N4S. The number of thiazole rings is 1. The van der Waals surface area contributed by atoms with Crippen LogP contribution in [0.5, 0.6) is 0 Å². The normalized spacial score (nSPS) is 18.2. The third-order valence-electron chi connectivity index (χ3n) is 3.92. The van der Waals surface area contributed by atoms with E-state index >= 15 is 0 Å². The van der Waals surface area contributed by atoms with Crippen molar-refractivity contribution in [2.75, 3.05) is 6.54 Å². The molecule has 1 N–H and O–H groups in total. The molecule has 0 radical (unpaired) electrons. The number of aryl methyl sites for hydroxylation is 4. The molecule has 1 aliphatic heterocycles. The molecule has 20 heavy (non-hydrogen) atoms. The molecular weight excluding hydrogens is 268 g/mol. The second kappa shape index (κ2) is 5.66. The molecule has 1 atom stereocenters. The van der Waals surface area contributed by atoms with Gasteiger partial charge in [-0.1, -0.05) is 0 Å². The third kappa shape index (κ3) is 2.79. The summed E-state index contributed by atoms with van der Waals surface area (Å²) in [5.74, 6) is 1.81. The SMILES string of the molecule is Cc1cn2c(n1)[C@@H](CNCc1sc(C)nc1C)CCC2. The van der Waals surface area contributed by atoms with Gasteiger partial charge in [0.2, 0.25) is 0 Å². The third-order valence-corrected chi connectivity index (χ3v) is 4.99. The first-order valence-electron chi connectivity index (χ1n) is 7.31. The van der Waals surface area contributed by atoms with Crippen LogP contribution in [-0.2, 0) is 13.1 Å². The predicted octanol–water partition coefficient (Wildman–Crippen LogP) is 2.93. The topological polar surface area (TPSA) is 42.7 Å². The standard InChI is InChI=1S/C15H22N4S/c1-10-9-19-6-4-5-13(15(19)17-10)7-16-8-14-11(2)18-12(3)20-14/h9,13,16H,4-8H2,1-3H3/t13-/m1/s1. The van der Waals surface area contributed by atoms with E-state index in [0.717, 1.165) is 30.3 Å². The maximum absolute atomic E-state index is 4.69. The van der Waals surface area contributed by atoms with Gasteiger partial charge in [-0.15, -0.1) is 11.3 Å². The quantitative estimate of drug-likeness (QED) is 0.941. The molecule has 108 valence electrons. The molecule has 0 unspecified atom stereocenters. The number of aromatic nitrogens is 3. The number of nitrogens with zero attached hydrogens (tertiary/aromatic N) is 3. The van der Waals surface area contributed by atoms with E-state index in [1.807, 2.05) is 0 Å². The number of fused-ring (bicyclic) bond motifs is 1. The van der Waals surface area contributed by atoms with E-state index in [0.29, 0.717) is 5.92 Å². The van der Waals surface area contributed by atoms with Crippen molar-refractivity contribution in [2.24, 2.45) is 0 Å². The lowest BCUT2D eigenvalue weighted by Gasteiger charge is -2.23. The summed E-state index contributed by atoms with van der Waals surface area (Å²) >= 11 is 1.80. The van der Waals surface area contributed by atoms with Gasteiger partial charge in [-0.05, 0) is 33.6 Å². The highest BCUT2D eigenvalue weighted by Crippen LogP contribution is 2.26. The second-order valence-electron chi connectivity index (χ2n) is 5.65. The van der Waals surface area contributed by atoms with Gasteiger partial charge in [0, 0.05) is 36.6 Å². The van der Waals surface area contributed by atoms with Crippen LogP contribution >= 0.6 is 11.3 Å². The Kier molecular flexibility index (Phi) is 3.89. The Morgan fingerprint density at radius 3 is 2.95 bits per heavy atom. The van der Waals surface area contributed by atoms with E-state index < -0.39 is 0 Å². The first kappa shape index (κ1) is 13.8. The van der Waals surface area contributed by atoms with Gasteiger partial charge >= 0.3 is 0 Å². The summed E-state index contributed by atoms with van der Waals surface area (Å²) in [6.07, 6.45) is 4.68. The van der Waals surface area contributed by atoms with Gasteiger partial charge in [-0.25, -0.2) is 9.97 Å². The molecule has 2 aromatic heterocycles. The number of hydrogen-bond donors (Lipinski definition) is 1. The maximum atomic E-state index is 4.69. The summed E-state index contributed by atoms with van der Waals surface area (Å²) in [7, 11) is 0. The highest BCUT2D eigenvalue weighted by molar-refractivity contribution is 7.11. The lowest BCUT2D eigenvalue weighted by molar-refractivity contribution is 0.423. The van der Waals surface area contributed by atoms with Crippen LogP contribution in [0.25, 0.3) is 0 Å². The summed E-state index contributed by atoms with van der Waals surface area (Å²) in [6, 6.07) is 0. The number of rotatable bonds is 4. The number of imidazole rings is 1. The zero-order valence-corrected chi connectivity index (χ0v) is 13.3. The van der Waals surface area contributed by atoms with Crippen LogP contribution in [0.3, 0.4) is 0 Å². The summed E-state index contributed by atoms with van der Waals surface area (Å²) in [5.41, 5.74) is 2.31. The second-order valence-corrected chi connectivity index (χ2v) is 6.93. The van der Waals surface area contributed by atoms with E-state index in [-0.39, 0.29) is 0 Å². The Morgan fingerprint density at radius 1 is 1.35 bits per heavy atom. The minimum atomic E-state index is 0.548. The molecule has 2 aromatic rings. The van der Waals surface area contributed by atoms with E-state index in [2.05, 4.69) is 41.8 Å². The molecule has 0 aliphatic carbocycles. The van der Waals surface area contributed by atoms with Crippen LogP contribution in [0.4, 0.5) is 0 Å². The molecule has 4 nitrogen and oxygen atoms in total. The molecule has 0 amide bonds. The monoisotopic (exact) mass is 290 g/mol. The molecule has 0 spiro atoms. The average Bonchev–Trinajstić information content (AvgIpc) is 2.92. The molecule has 5 heteroatoms. The van der Waals surface area contributed by atoms with Gasteiger partial charge < -0.3 is 9.88 Å². The summed E-state index contributed by atoms with van der Waals surface area (Å²) < 4.78 is 2.33. The van der Waals surface area contributed by atoms with Crippen LogP contribution < -0.4 is 5.32 Å². The van der Waals surface area contributed by atoms with E-state index in [1.54, 1.807) is 11.3 Å². The smallest absolute Gasteiger partial charge is 0.113 e. The highest BCUT2D eigenvalue weighted by Gasteiger charge is 2.22. The fourth-order valence-electron chi connectivity index (χ4n) is 3.00. The minimum Gasteiger partial charge on any atom is -0.334 e. The van der Waals surface area contributed by atoms with Gasteiger partial charge in [0.15, 0.2) is 0 Å². The van der Waals surface area contributed by atoms with Gasteiger partial charge in [0.25, 0.3) is 0 Å². The molecule has 0 saturated carbocycles. The maximum Gasteiger partial charge on any atom is 0.113 e. The Labute approximate surface area is 124 Å². The lowest BCUT2D eigenvalue weighted by Crippen LogP contribution is -2.26. The summed E-state index contributed by atoms with van der Waals surface area (Å²) in [6.45, 7) is 9.30. The number of hydrogen-bond acceptors (Lipinski definition) is 4. The van der Waals surface area contributed by atoms with Crippen molar-refractivity contribution < 1.29 is 0 Å². The van der Waals surface area contributed by atoms with Crippen LogP contribution in [0, 0.1) is 20.8 Å². The predicted molar refractivity (Wildman–Crippen MR) is 82.2 cm³/mol.